The van der Waals surface area contributed by atoms with Crippen LogP contribution in [-0.4, -0.2) is 26.1 Å². The van der Waals surface area contributed by atoms with Crippen molar-refractivity contribution in [2.45, 2.75) is 42.4 Å². The van der Waals surface area contributed by atoms with Gasteiger partial charge in [0.05, 0.1) is 4.90 Å². The molecule has 0 saturated heterocycles. The van der Waals surface area contributed by atoms with Crippen molar-refractivity contribution in [3.05, 3.63) is 29.8 Å². The topological polar surface area (TPSA) is 63.2 Å². The number of carbonyl (C=O) groups excluding carboxylic acids is 1. The van der Waals surface area contributed by atoms with E-state index in [4.69, 9.17) is 0 Å². The van der Waals surface area contributed by atoms with E-state index in [1.807, 2.05) is 0 Å². The molecule has 22 heavy (non-hydrogen) atoms. The molecule has 2 aliphatic carbocycles. The van der Waals surface area contributed by atoms with E-state index >= 15 is 0 Å². The summed E-state index contributed by atoms with van der Waals surface area (Å²) in [6, 6.07) is 4.86. The molecule has 0 radical (unpaired) electrons. The zero-order valence-electron chi connectivity index (χ0n) is 11.8. The highest BCUT2D eigenvalue weighted by atomic mass is 32.2. The molecule has 0 heterocycles. The molecule has 1 N–H and O–H groups in total. The Morgan fingerprint density at radius 3 is 1.95 bits per heavy atom. The van der Waals surface area contributed by atoms with Crippen LogP contribution in [0.3, 0.4) is 0 Å². The lowest BCUT2D eigenvalue weighted by Gasteiger charge is -2.17. The molecule has 1 aromatic carbocycles. The quantitative estimate of drug-likeness (QED) is 0.872. The van der Waals surface area contributed by atoms with Crippen LogP contribution in [0.25, 0.3) is 0 Å². The van der Waals surface area contributed by atoms with Gasteiger partial charge in [0.2, 0.25) is 9.84 Å². The third-order valence-electron chi connectivity index (χ3n) is 4.24. The Morgan fingerprint density at radius 2 is 1.55 bits per heavy atom. The molecule has 0 aromatic heterocycles. The van der Waals surface area contributed by atoms with Crippen LogP contribution < -0.4 is 5.32 Å². The predicted octanol–water partition coefficient (Wildman–Crippen LogP) is 2.60. The van der Waals surface area contributed by atoms with E-state index in [0.29, 0.717) is 17.4 Å². The molecule has 2 saturated carbocycles. The molecule has 0 atom stereocenters. The minimum atomic E-state index is -4.61. The minimum Gasteiger partial charge on any atom is -0.349 e. The first-order valence-electron chi connectivity index (χ1n) is 7.32. The van der Waals surface area contributed by atoms with Gasteiger partial charge in [-0.25, -0.2) is 8.42 Å². The molecule has 0 spiro atoms. The number of sulfone groups is 1. The highest BCUT2D eigenvalue weighted by molar-refractivity contribution is 7.91. The third-order valence-corrected chi connectivity index (χ3v) is 5.64. The fourth-order valence-corrected chi connectivity index (χ4v) is 3.39. The molecule has 1 aromatic rings. The Labute approximate surface area is 127 Å². The molecular formula is C15H17F2NO3S. The molecule has 2 fully saturated rings. The van der Waals surface area contributed by atoms with Gasteiger partial charge in [0.25, 0.3) is 5.91 Å². The smallest absolute Gasteiger partial charge is 0.341 e. The predicted molar refractivity (Wildman–Crippen MR) is 76.3 cm³/mol. The first-order chi connectivity index (χ1) is 10.4. The maximum absolute atomic E-state index is 12.5. The van der Waals surface area contributed by atoms with Gasteiger partial charge in [-0.15, -0.1) is 0 Å². The molecule has 1 amide bonds. The van der Waals surface area contributed by atoms with Crippen LogP contribution in [0.5, 0.6) is 0 Å². The summed E-state index contributed by atoms with van der Waals surface area (Å²) in [7, 11) is -4.61. The molecular weight excluding hydrogens is 312 g/mol. The lowest BCUT2D eigenvalue weighted by atomic mass is 10.1. The van der Waals surface area contributed by atoms with Gasteiger partial charge in [-0.2, -0.15) is 8.78 Å². The molecule has 0 aliphatic heterocycles. The molecule has 0 bridgehead atoms. The summed E-state index contributed by atoms with van der Waals surface area (Å²) >= 11 is 0. The summed E-state index contributed by atoms with van der Waals surface area (Å²) in [4.78, 5) is 11.7. The summed E-state index contributed by atoms with van der Waals surface area (Å²) in [5.74, 6) is -2.63. The SMILES string of the molecule is O=C(NC(C1CC1)C1CC1)c1ccc(S(=O)(=O)C(F)F)cc1. The Morgan fingerprint density at radius 1 is 1.05 bits per heavy atom. The van der Waals surface area contributed by atoms with Gasteiger partial charge < -0.3 is 5.32 Å². The summed E-state index contributed by atoms with van der Waals surface area (Å²) in [5.41, 5.74) is 0.291. The Kier molecular flexibility index (Phi) is 3.92. The van der Waals surface area contributed by atoms with E-state index < -0.39 is 20.5 Å². The van der Waals surface area contributed by atoms with Crippen LogP contribution in [-0.2, 0) is 9.84 Å². The molecule has 120 valence electrons. The number of hydrogen-bond acceptors (Lipinski definition) is 3. The highest BCUT2D eigenvalue weighted by Crippen LogP contribution is 2.44. The van der Waals surface area contributed by atoms with Gasteiger partial charge in [-0.1, -0.05) is 0 Å². The number of benzene rings is 1. The maximum Gasteiger partial charge on any atom is 0.341 e. The molecule has 0 unspecified atom stereocenters. The second-order valence-electron chi connectivity index (χ2n) is 6.00. The first kappa shape index (κ1) is 15.4. The van der Waals surface area contributed by atoms with Gasteiger partial charge >= 0.3 is 5.76 Å². The van der Waals surface area contributed by atoms with Crippen molar-refractivity contribution < 1.29 is 22.0 Å². The van der Waals surface area contributed by atoms with Crippen molar-refractivity contribution in [3.63, 3.8) is 0 Å². The highest BCUT2D eigenvalue weighted by Gasteiger charge is 2.42. The van der Waals surface area contributed by atoms with Gasteiger partial charge in [0.15, 0.2) is 0 Å². The Bertz CT molecular complexity index is 653. The number of nitrogens with one attached hydrogen (secondary N) is 1. The van der Waals surface area contributed by atoms with Crippen molar-refractivity contribution in [1.29, 1.82) is 0 Å². The summed E-state index contributed by atoms with van der Waals surface area (Å²) in [5, 5.41) is 3.00. The van der Waals surface area contributed by atoms with E-state index in [1.54, 1.807) is 0 Å². The van der Waals surface area contributed by atoms with Gasteiger partial charge in [0.1, 0.15) is 0 Å². The van der Waals surface area contributed by atoms with Crippen LogP contribution in [0.4, 0.5) is 8.78 Å². The zero-order valence-corrected chi connectivity index (χ0v) is 12.7. The fourth-order valence-electron chi connectivity index (χ4n) is 2.66. The monoisotopic (exact) mass is 329 g/mol. The fraction of sp³-hybridized carbons (Fsp3) is 0.533. The van der Waals surface area contributed by atoms with Crippen LogP contribution in [0.1, 0.15) is 36.0 Å². The van der Waals surface area contributed by atoms with Gasteiger partial charge in [-0.3, -0.25) is 4.79 Å². The number of amides is 1. The second-order valence-corrected chi connectivity index (χ2v) is 7.92. The van der Waals surface area contributed by atoms with Crippen molar-refractivity contribution in [2.75, 3.05) is 0 Å². The van der Waals surface area contributed by atoms with Crippen LogP contribution in [0.2, 0.25) is 0 Å². The lowest BCUT2D eigenvalue weighted by Crippen LogP contribution is -2.38. The second kappa shape index (κ2) is 5.61. The molecule has 3 rings (SSSR count). The summed E-state index contributed by atoms with van der Waals surface area (Å²) < 4.78 is 47.6. The van der Waals surface area contributed by atoms with Crippen molar-refractivity contribution in [1.82, 2.24) is 5.32 Å². The Hall–Kier alpha value is -1.50. The molecule has 2 aliphatic rings. The van der Waals surface area contributed by atoms with Gasteiger partial charge in [-0.05, 0) is 61.8 Å². The third kappa shape index (κ3) is 3.14. The van der Waals surface area contributed by atoms with Crippen molar-refractivity contribution >= 4 is 15.7 Å². The van der Waals surface area contributed by atoms with Gasteiger partial charge in [0, 0.05) is 11.6 Å². The van der Waals surface area contributed by atoms with E-state index in [9.17, 15) is 22.0 Å². The van der Waals surface area contributed by atoms with Crippen molar-refractivity contribution in [2.24, 2.45) is 11.8 Å². The van der Waals surface area contributed by atoms with Crippen LogP contribution in [0, 0.1) is 11.8 Å². The van der Waals surface area contributed by atoms with Crippen LogP contribution in [0.15, 0.2) is 29.2 Å². The number of halogens is 2. The van der Waals surface area contributed by atoms with E-state index in [2.05, 4.69) is 5.32 Å². The average Bonchev–Trinajstić information content (AvgIpc) is 3.38. The Balaban J connectivity index is 1.71. The molecule has 7 heteroatoms. The normalized spacial score (nSPS) is 18.7. The summed E-state index contributed by atoms with van der Waals surface area (Å²) in [6.45, 7) is 0. The lowest BCUT2D eigenvalue weighted by molar-refractivity contribution is 0.0926. The maximum atomic E-state index is 12.5. The zero-order chi connectivity index (χ0) is 15.9. The average molecular weight is 329 g/mol. The largest absolute Gasteiger partial charge is 0.349 e. The van der Waals surface area contributed by atoms with E-state index in [-0.39, 0.29) is 11.9 Å². The number of carbonyl (C=O) groups is 1. The minimum absolute atomic E-state index is 0.192. The van der Waals surface area contributed by atoms with E-state index in [0.717, 1.165) is 37.8 Å². The molecule has 4 nitrogen and oxygen atoms in total. The summed E-state index contributed by atoms with van der Waals surface area (Å²) in [6.07, 6.45) is 4.53. The standard InChI is InChI=1S/C15H17F2NO3S/c16-15(17)22(20,21)12-7-5-11(6-8-12)14(19)18-13(9-1-2-9)10-3-4-10/h5-10,13,15H,1-4H2,(H,18,19). The number of rotatable bonds is 6. The number of alkyl halides is 2. The van der Waals surface area contributed by atoms with Crippen LogP contribution >= 0.6 is 0 Å². The first-order valence-corrected chi connectivity index (χ1v) is 8.87. The van der Waals surface area contributed by atoms with Crippen molar-refractivity contribution in [3.8, 4) is 0 Å². The number of hydrogen-bond donors (Lipinski definition) is 1. The van der Waals surface area contributed by atoms with E-state index in [1.165, 1.54) is 12.1 Å².